The number of anilines is 1. The molecule has 2 aromatic carbocycles. The summed E-state index contributed by atoms with van der Waals surface area (Å²) in [6.45, 7) is 0. The van der Waals surface area contributed by atoms with Gasteiger partial charge >= 0.3 is 0 Å². The number of carbonyl (C=O) groups is 1. The van der Waals surface area contributed by atoms with E-state index < -0.39 is 6.04 Å². The summed E-state index contributed by atoms with van der Waals surface area (Å²) >= 11 is 3.44. The maximum absolute atomic E-state index is 14.8. The summed E-state index contributed by atoms with van der Waals surface area (Å²) in [5.74, 6) is 0.407. The van der Waals surface area contributed by atoms with Gasteiger partial charge in [0, 0.05) is 27.7 Å². The standard InChI is InChI=1S/C20H15BrFN3O/c21-11-8-9-13(22)12(10-11)19-18-15(5-3-7-17(18)26)24-20-23-14-4-1-2-6-16(14)25(19)20/h1-2,4,6,8-10,19H,3,5,7H2,(H,23,24)/t19-/m1/s1. The fourth-order valence-electron chi connectivity index (χ4n) is 3.99. The van der Waals surface area contributed by atoms with Crippen molar-refractivity contribution in [1.82, 2.24) is 9.55 Å². The highest BCUT2D eigenvalue weighted by atomic mass is 79.9. The molecule has 6 heteroatoms. The van der Waals surface area contributed by atoms with Crippen LogP contribution in [0.25, 0.3) is 11.0 Å². The van der Waals surface area contributed by atoms with Gasteiger partial charge in [0.15, 0.2) is 5.78 Å². The number of hydrogen-bond acceptors (Lipinski definition) is 3. The van der Waals surface area contributed by atoms with Crippen LogP contribution in [0.1, 0.15) is 30.9 Å². The Morgan fingerprint density at radius 3 is 2.92 bits per heavy atom. The number of carbonyl (C=O) groups excluding carboxylic acids is 1. The van der Waals surface area contributed by atoms with E-state index in [1.807, 2.05) is 28.8 Å². The number of fused-ring (bicyclic) bond motifs is 3. The van der Waals surface area contributed by atoms with E-state index in [-0.39, 0.29) is 11.6 Å². The number of ketones is 1. The van der Waals surface area contributed by atoms with E-state index >= 15 is 0 Å². The van der Waals surface area contributed by atoms with Gasteiger partial charge in [-0.15, -0.1) is 0 Å². The molecule has 2 aliphatic rings. The molecule has 26 heavy (non-hydrogen) atoms. The highest BCUT2D eigenvalue weighted by Crippen LogP contribution is 2.43. The number of allylic oxidation sites excluding steroid dienone is 2. The van der Waals surface area contributed by atoms with Crippen LogP contribution >= 0.6 is 15.9 Å². The molecular formula is C20H15BrFN3O. The fraction of sp³-hybridized carbons (Fsp3) is 0.200. The predicted octanol–water partition coefficient (Wildman–Crippen LogP) is 4.96. The van der Waals surface area contributed by atoms with E-state index in [4.69, 9.17) is 0 Å². The van der Waals surface area contributed by atoms with Gasteiger partial charge in [-0.05, 0) is 43.2 Å². The van der Waals surface area contributed by atoms with Crippen molar-refractivity contribution in [3.8, 4) is 0 Å². The molecule has 1 aromatic heterocycles. The highest BCUT2D eigenvalue weighted by Gasteiger charge is 2.37. The SMILES string of the molecule is O=C1CCCC2=C1[C@@H](c1cc(Br)ccc1F)n1c(nc3ccccc31)N2. The zero-order chi connectivity index (χ0) is 17.8. The summed E-state index contributed by atoms with van der Waals surface area (Å²) in [5.41, 5.74) is 3.71. The summed E-state index contributed by atoms with van der Waals surface area (Å²) in [6, 6.07) is 12.1. The average molecular weight is 412 g/mol. The number of aromatic nitrogens is 2. The van der Waals surface area contributed by atoms with Crippen LogP contribution in [-0.2, 0) is 4.79 Å². The predicted molar refractivity (Wildman–Crippen MR) is 101 cm³/mol. The fourth-order valence-corrected chi connectivity index (χ4v) is 4.37. The van der Waals surface area contributed by atoms with Crippen LogP contribution in [0.3, 0.4) is 0 Å². The molecule has 4 nitrogen and oxygen atoms in total. The van der Waals surface area contributed by atoms with Crippen molar-refractivity contribution < 1.29 is 9.18 Å². The number of hydrogen-bond donors (Lipinski definition) is 1. The molecule has 0 saturated heterocycles. The molecule has 0 bridgehead atoms. The largest absolute Gasteiger partial charge is 0.329 e. The van der Waals surface area contributed by atoms with E-state index in [0.29, 0.717) is 23.5 Å². The van der Waals surface area contributed by atoms with Gasteiger partial charge in [-0.3, -0.25) is 9.36 Å². The third-order valence-corrected chi connectivity index (χ3v) is 5.59. The molecule has 2 heterocycles. The summed E-state index contributed by atoms with van der Waals surface area (Å²) in [6.07, 6.45) is 2.07. The number of rotatable bonds is 1. The van der Waals surface area contributed by atoms with E-state index in [2.05, 4.69) is 26.2 Å². The third-order valence-electron chi connectivity index (χ3n) is 5.10. The van der Waals surface area contributed by atoms with Crippen LogP contribution in [0.2, 0.25) is 0 Å². The monoisotopic (exact) mass is 411 g/mol. The van der Waals surface area contributed by atoms with Crippen LogP contribution in [0.15, 0.2) is 58.2 Å². The molecule has 0 fully saturated rings. The van der Waals surface area contributed by atoms with Crippen molar-refractivity contribution in [3.63, 3.8) is 0 Å². The van der Waals surface area contributed by atoms with Gasteiger partial charge in [0.25, 0.3) is 0 Å². The van der Waals surface area contributed by atoms with Crippen molar-refractivity contribution >= 4 is 38.7 Å². The minimum Gasteiger partial charge on any atom is -0.329 e. The number of para-hydroxylation sites is 2. The molecule has 1 atom stereocenters. The summed E-state index contributed by atoms with van der Waals surface area (Å²) in [4.78, 5) is 17.5. The maximum Gasteiger partial charge on any atom is 0.209 e. The van der Waals surface area contributed by atoms with Gasteiger partial charge in [-0.25, -0.2) is 9.37 Å². The van der Waals surface area contributed by atoms with E-state index in [0.717, 1.165) is 34.0 Å². The zero-order valence-corrected chi connectivity index (χ0v) is 15.4. The van der Waals surface area contributed by atoms with E-state index in [9.17, 15) is 9.18 Å². The summed E-state index contributed by atoms with van der Waals surface area (Å²) in [7, 11) is 0. The molecule has 1 aliphatic heterocycles. The highest BCUT2D eigenvalue weighted by molar-refractivity contribution is 9.10. The quantitative estimate of drug-likeness (QED) is 0.615. The van der Waals surface area contributed by atoms with Crippen LogP contribution in [0, 0.1) is 5.82 Å². The number of nitrogens with zero attached hydrogens (tertiary/aromatic N) is 2. The van der Waals surface area contributed by atoms with Crippen molar-refractivity contribution in [3.05, 3.63) is 69.6 Å². The maximum atomic E-state index is 14.8. The topological polar surface area (TPSA) is 46.9 Å². The van der Waals surface area contributed by atoms with Crippen LogP contribution in [-0.4, -0.2) is 15.3 Å². The normalized spacial score (nSPS) is 19.3. The van der Waals surface area contributed by atoms with Crippen LogP contribution in [0.5, 0.6) is 0 Å². The second-order valence-corrected chi connectivity index (χ2v) is 7.57. The molecule has 0 spiro atoms. The Morgan fingerprint density at radius 2 is 2.04 bits per heavy atom. The lowest BCUT2D eigenvalue weighted by Gasteiger charge is -2.34. The molecule has 0 amide bonds. The first-order valence-corrected chi connectivity index (χ1v) is 9.38. The lowest BCUT2D eigenvalue weighted by Crippen LogP contribution is -2.31. The van der Waals surface area contributed by atoms with Crippen molar-refractivity contribution in [2.45, 2.75) is 25.3 Å². The molecule has 130 valence electrons. The van der Waals surface area contributed by atoms with Crippen molar-refractivity contribution in [2.24, 2.45) is 0 Å². The van der Waals surface area contributed by atoms with Crippen LogP contribution in [0.4, 0.5) is 10.3 Å². The smallest absolute Gasteiger partial charge is 0.209 e. The molecule has 3 aromatic rings. The second-order valence-electron chi connectivity index (χ2n) is 6.66. The average Bonchev–Trinajstić information content (AvgIpc) is 3.00. The molecule has 0 saturated carbocycles. The molecule has 0 radical (unpaired) electrons. The van der Waals surface area contributed by atoms with Crippen LogP contribution < -0.4 is 5.32 Å². The Labute approximate surface area is 157 Å². The Hall–Kier alpha value is -2.47. The molecule has 5 rings (SSSR count). The first kappa shape index (κ1) is 15.8. The number of Topliss-reactive ketones (excluding diaryl/α,β-unsaturated/α-hetero) is 1. The Morgan fingerprint density at radius 1 is 1.19 bits per heavy atom. The number of imidazole rings is 1. The Balaban J connectivity index is 1.85. The van der Waals surface area contributed by atoms with Gasteiger partial charge in [0.05, 0.1) is 17.1 Å². The van der Waals surface area contributed by atoms with Gasteiger partial charge in [0.2, 0.25) is 5.95 Å². The lowest BCUT2D eigenvalue weighted by atomic mass is 9.85. The summed E-state index contributed by atoms with van der Waals surface area (Å²) in [5, 5.41) is 3.33. The third kappa shape index (κ3) is 2.25. The van der Waals surface area contributed by atoms with E-state index in [1.54, 1.807) is 12.1 Å². The summed E-state index contributed by atoms with van der Waals surface area (Å²) < 4.78 is 17.6. The molecule has 0 unspecified atom stereocenters. The minimum absolute atomic E-state index is 0.0755. The molecule has 1 aliphatic carbocycles. The van der Waals surface area contributed by atoms with E-state index in [1.165, 1.54) is 6.07 Å². The van der Waals surface area contributed by atoms with Gasteiger partial charge in [-0.2, -0.15) is 0 Å². The first-order chi connectivity index (χ1) is 12.6. The van der Waals surface area contributed by atoms with Crippen molar-refractivity contribution in [2.75, 3.05) is 5.32 Å². The zero-order valence-electron chi connectivity index (χ0n) is 13.8. The first-order valence-electron chi connectivity index (χ1n) is 8.58. The molecule has 1 N–H and O–H groups in total. The van der Waals surface area contributed by atoms with Gasteiger partial charge < -0.3 is 5.32 Å². The lowest BCUT2D eigenvalue weighted by molar-refractivity contribution is -0.116. The number of nitrogens with one attached hydrogen (secondary N) is 1. The number of benzene rings is 2. The second kappa shape index (κ2) is 5.77. The van der Waals surface area contributed by atoms with Crippen molar-refractivity contribution in [1.29, 1.82) is 0 Å². The Bertz CT molecular complexity index is 1100. The minimum atomic E-state index is -0.515. The molecular weight excluding hydrogens is 397 g/mol. The number of halogens is 2. The van der Waals surface area contributed by atoms with Gasteiger partial charge in [-0.1, -0.05) is 28.1 Å². The van der Waals surface area contributed by atoms with Gasteiger partial charge in [0.1, 0.15) is 5.82 Å². The Kier molecular flexibility index (Phi) is 3.50.